The predicted molar refractivity (Wildman–Crippen MR) is 66.3 cm³/mol. The third-order valence-corrected chi connectivity index (χ3v) is 3.43. The van der Waals surface area contributed by atoms with Gasteiger partial charge in [0.2, 0.25) is 0 Å². The summed E-state index contributed by atoms with van der Waals surface area (Å²) >= 11 is 5.67. The van der Waals surface area contributed by atoms with Crippen molar-refractivity contribution in [2.75, 3.05) is 18.0 Å². The molecule has 6 nitrogen and oxygen atoms in total. The number of hydrogen-bond donors (Lipinski definition) is 2. The van der Waals surface area contributed by atoms with Gasteiger partial charge in [-0.2, -0.15) is 15.4 Å². The first kappa shape index (κ1) is 12.3. The molecule has 1 fully saturated rings. The topological polar surface area (TPSA) is 77.9 Å². The van der Waals surface area contributed by atoms with E-state index in [1.165, 1.54) is 18.5 Å². The van der Waals surface area contributed by atoms with Gasteiger partial charge in [-0.1, -0.05) is 11.6 Å². The molecule has 2 aromatic heterocycles. The van der Waals surface area contributed by atoms with E-state index < -0.39 is 11.4 Å². The number of β-amino-alcohol motifs (C(OH)–C–C–N with tert-alkyl or cyclic N) is 1. The standard InChI is InChI=1S/C11H11ClFN5O/c12-7-3-8(13)10(14-4-7)18-2-1-11(19,6-18)9-5-15-17-16-9/h3-5,19H,1-2,6H2,(H,15,16,17). The van der Waals surface area contributed by atoms with Gasteiger partial charge >= 0.3 is 0 Å². The molecule has 1 saturated heterocycles. The predicted octanol–water partition coefficient (Wildman–Crippen LogP) is 1.09. The molecule has 0 radical (unpaired) electrons. The zero-order valence-electron chi connectivity index (χ0n) is 9.85. The van der Waals surface area contributed by atoms with Crippen LogP contribution in [0, 0.1) is 5.82 Å². The maximum Gasteiger partial charge on any atom is 0.167 e. The molecule has 8 heteroatoms. The summed E-state index contributed by atoms with van der Waals surface area (Å²) in [6, 6.07) is 1.21. The van der Waals surface area contributed by atoms with Crippen molar-refractivity contribution in [3.63, 3.8) is 0 Å². The van der Waals surface area contributed by atoms with Gasteiger partial charge in [0.15, 0.2) is 11.6 Å². The van der Waals surface area contributed by atoms with Crippen LogP contribution < -0.4 is 4.90 Å². The molecule has 1 atom stereocenters. The third kappa shape index (κ3) is 2.15. The molecule has 0 amide bonds. The molecule has 3 rings (SSSR count). The second-order valence-corrected chi connectivity index (χ2v) is 4.95. The first-order valence-corrected chi connectivity index (χ1v) is 6.11. The van der Waals surface area contributed by atoms with E-state index in [-0.39, 0.29) is 17.4 Å². The minimum atomic E-state index is -1.14. The molecular formula is C11H11ClFN5O. The zero-order valence-corrected chi connectivity index (χ0v) is 10.6. The van der Waals surface area contributed by atoms with Crippen LogP contribution in [0.1, 0.15) is 12.1 Å². The summed E-state index contributed by atoms with van der Waals surface area (Å²) in [7, 11) is 0. The van der Waals surface area contributed by atoms with Crippen molar-refractivity contribution in [1.82, 2.24) is 20.4 Å². The van der Waals surface area contributed by atoms with E-state index in [9.17, 15) is 9.50 Å². The number of H-pyrrole nitrogens is 1. The number of aliphatic hydroxyl groups is 1. The summed E-state index contributed by atoms with van der Waals surface area (Å²) < 4.78 is 13.8. The smallest absolute Gasteiger partial charge is 0.167 e. The minimum absolute atomic E-state index is 0.184. The van der Waals surface area contributed by atoms with Crippen LogP contribution in [0.3, 0.4) is 0 Å². The van der Waals surface area contributed by atoms with Gasteiger partial charge < -0.3 is 10.0 Å². The average molecular weight is 284 g/mol. The lowest BCUT2D eigenvalue weighted by atomic mass is 10.0. The Labute approximate surface area is 113 Å². The van der Waals surface area contributed by atoms with Crippen molar-refractivity contribution >= 4 is 17.4 Å². The number of hydrogen-bond acceptors (Lipinski definition) is 5. The lowest BCUT2D eigenvalue weighted by Gasteiger charge is -2.21. The Hall–Kier alpha value is -1.73. The molecule has 0 aromatic carbocycles. The molecular weight excluding hydrogens is 273 g/mol. The molecule has 2 N–H and O–H groups in total. The van der Waals surface area contributed by atoms with Crippen LogP contribution >= 0.6 is 11.6 Å². The highest BCUT2D eigenvalue weighted by atomic mass is 35.5. The quantitative estimate of drug-likeness (QED) is 0.863. The Morgan fingerprint density at radius 2 is 2.32 bits per heavy atom. The Bertz CT molecular complexity index is 593. The number of nitrogens with zero attached hydrogens (tertiary/aromatic N) is 4. The van der Waals surface area contributed by atoms with E-state index in [0.717, 1.165) is 0 Å². The number of rotatable bonds is 2. The fourth-order valence-electron chi connectivity index (χ4n) is 2.25. The molecule has 0 saturated carbocycles. The lowest BCUT2D eigenvalue weighted by molar-refractivity contribution is 0.0559. The molecule has 3 heterocycles. The van der Waals surface area contributed by atoms with Crippen molar-refractivity contribution in [3.05, 3.63) is 35.0 Å². The van der Waals surface area contributed by atoms with Crippen molar-refractivity contribution in [2.45, 2.75) is 12.0 Å². The van der Waals surface area contributed by atoms with E-state index in [0.29, 0.717) is 18.7 Å². The summed E-state index contributed by atoms with van der Waals surface area (Å²) in [6.45, 7) is 0.694. The summed E-state index contributed by atoms with van der Waals surface area (Å²) in [5.74, 6) is -0.319. The van der Waals surface area contributed by atoms with E-state index in [4.69, 9.17) is 11.6 Å². The zero-order chi connectivity index (χ0) is 13.5. The average Bonchev–Trinajstić information content (AvgIpc) is 2.99. The number of anilines is 1. The van der Waals surface area contributed by atoms with Crippen LogP contribution in [-0.2, 0) is 5.60 Å². The van der Waals surface area contributed by atoms with Crippen LogP contribution in [0.5, 0.6) is 0 Å². The van der Waals surface area contributed by atoms with Crippen LogP contribution in [0.25, 0.3) is 0 Å². The van der Waals surface area contributed by atoms with Gasteiger partial charge in [-0.15, -0.1) is 0 Å². The lowest BCUT2D eigenvalue weighted by Crippen LogP contribution is -2.31. The number of nitrogens with one attached hydrogen (secondary N) is 1. The third-order valence-electron chi connectivity index (χ3n) is 3.23. The van der Waals surface area contributed by atoms with Crippen LogP contribution in [0.15, 0.2) is 18.5 Å². The fourth-order valence-corrected chi connectivity index (χ4v) is 2.39. The van der Waals surface area contributed by atoms with E-state index in [1.807, 2.05) is 0 Å². The van der Waals surface area contributed by atoms with Gasteiger partial charge in [0.05, 0.1) is 17.8 Å². The Kier molecular flexibility index (Phi) is 2.87. The van der Waals surface area contributed by atoms with Gasteiger partial charge in [-0.05, 0) is 6.07 Å². The van der Waals surface area contributed by atoms with E-state index >= 15 is 0 Å². The largest absolute Gasteiger partial charge is 0.381 e. The second kappa shape index (κ2) is 4.43. The van der Waals surface area contributed by atoms with Gasteiger partial charge in [-0.25, -0.2) is 9.37 Å². The molecule has 1 aliphatic heterocycles. The maximum atomic E-state index is 13.8. The molecule has 1 aliphatic rings. The number of pyridine rings is 1. The van der Waals surface area contributed by atoms with Crippen LogP contribution in [0.2, 0.25) is 5.02 Å². The van der Waals surface area contributed by atoms with E-state index in [2.05, 4.69) is 20.4 Å². The first-order valence-electron chi connectivity index (χ1n) is 5.73. The van der Waals surface area contributed by atoms with Crippen LogP contribution in [-0.4, -0.2) is 38.6 Å². The highest BCUT2D eigenvalue weighted by Crippen LogP contribution is 2.33. The van der Waals surface area contributed by atoms with Gasteiger partial charge in [0.1, 0.15) is 11.3 Å². The molecule has 0 spiro atoms. The number of halogens is 2. The molecule has 1 unspecified atom stereocenters. The summed E-state index contributed by atoms with van der Waals surface area (Å²) in [6.07, 6.45) is 3.28. The highest BCUT2D eigenvalue weighted by Gasteiger charge is 2.40. The Morgan fingerprint density at radius 3 is 3.00 bits per heavy atom. The van der Waals surface area contributed by atoms with Crippen molar-refractivity contribution in [3.8, 4) is 0 Å². The Balaban J connectivity index is 1.86. The van der Waals surface area contributed by atoms with Gasteiger partial charge in [0, 0.05) is 19.2 Å². The fraction of sp³-hybridized carbons (Fsp3) is 0.364. The first-order chi connectivity index (χ1) is 9.08. The SMILES string of the molecule is OC1(c2cn[nH]n2)CCN(c2ncc(Cl)cc2F)C1. The summed E-state index contributed by atoms with van der Waals surface area (Å²) in [5, 5.41) is 20.8. The number of aromatic amines is 1. The maximum absolute atomic E-state index is 13.8. The van der Waals surface area contributed by atoms with Crippen molar-refractivity contribution in [1.29, 1.82) is 0 Å². The van der Waals surface area contributed by atoms with Gasteiger partial charge in [-0.3, -0.25) is 0 Å². The Morgan fingerprint density at radius 1 is 1.47 bits per heavy atom. The van der Waals surface area contributed by atoms with Gasteiger partial charge in [0.25, 0.3) is 0 Å². The number of aromatic nitrogens is 4. The molecule has 2 aromatic rings. The summed E-state index contributed by atoms with van der Waals surface area (Å²) in [4.78, 5) is 5.64. The summed E-state index contributed by atoms with van der Waals surface area (Å²) in [5.41, 5.74) is -0.690. The molecule has 0 bridgehead atoms. The molecule has 100 valence electrons. The molecule has 0 aliphatic carbocycles. The van der Waals surface area contributed by atoms with E-state index in [1.54, 1.807) is 4.90 Å². The highest BCUT2D eigenvalue weighted by molar-refractivity contribution is 6.30. The van der Waals surface area contributed by atoms with Crippen molar-refractivity contribution in [2.24, 2.45) is 0 Å². The minimum Gasteiger partial charge on any atom is -0.381 e. The normalized spacial score (nSPS) is 23.0. The molecule has 19 heavy (non-hydrogen) atoms. The second-order valence-electron chi connectivity index (χ2n) is 4.52. The van der Waals surface area contributed by atoms with Crippen molar-refractivity contribution < 1.29 is 9.50 Å². The monoisotopic (exact) mass is 283 g/mol. The van der Waals surface area contributed by atoms with Crippen LogP contribution in [0.4, 0.5) is 10.2 Å².